The minimum Gasteiger partial charge on any atom is -0.367 e. The van der Waals surface area contributed by atoms with Crippen molar-refractivity contribution in [2.24, 2.45) is 0 Å². The maximum absolute atomic E-state index is 14.5. The molecular formula is C26H31F2N5O. The Balaban J connectivity index is 1.71. The van der Waals surface area contributed by atoms with Crippen LogP contribution in [0.4, 0.5) is 14.5 Å². The van der Waals surface area contributed by atoms with Crippen molar-refractivity contribution in [2.75, 3.05) is 37.6 Å². The van der Waals surface area contributed by atoms with Gasteiger partial charge in [-0.1, -0.05) is 19.1 Å². The Hall–Kier alpha value is -3.26. The van der Waals surface area contributed by atoms with E-state index in [4.69, 9.17) is 0 Å². The van der Waals surface area contributed by atoms with Gasteiger partial charge in [-0.2, -0.15) is 0 Å². The average molecular weight is 468 g/mol. The molecule has 1 aliphatic heterocycles. The SMILES string of the molecule is CCN1CCN(c2c(C)c(C(=O)NCc3cccnc3)n(Cc3c(F)cccc3F)c2C)CC1. The third-order valence-corrected chi connectivity index (χ3v) is 6.63. The summed E-state index contributed by atoms with van der Waals surface area (Å²) in [5.41, 5.74) is 3.87. The molecule has 8 heteroatoms. The van der Waals surface area contributed by atoms with E-state index in [9.17, 15) is 13.6 Å². The Morgan fingerprint density at radius 3 is 2.38 bits per heavy atom. The number of aromatic nitrogens is 2. The molecule has 0 radical (unpaired) electrons. The molecule has 3 heterocycles. The van der Waals surface area contributed by atoms with Crippen molar-refractivity contribution in [3.05, 3.63) is 82.4 Å². The summed E-state index contributed by atoms with van der Waals surface area (Å²) in [5, 5.41) is 2.96. The van der Waals surface area contributed by atoms with Crippen LogP contribution in [0, 0.1) is 25.5 Å². The highest BCUT2D eigenvalue weighted by atomic mass is 19.1. The summed E-state index contributed by atoms with van der Waals surface area (Å²) >= 11 is 0. The van der Waals surface area contributed by atoms with Gasteiger partial charge in [0.05, 0.1) is 12.2 Å². The highest BCUT2D eigenvalue weighted by Gasteiger charge is 2.28. The quantitative estimate of drug-likeness (QED) is 0.573. The fourth-order valence-electron chi connectivity index (χ4n) is 4.74. The van der Waals surface area contributed by atoms with Gasteiger partial charge < -0.3 is 19.7 Å². The van der Waals surface area contributed by atoms with Crippen LogP contribution in [0.15, 0.2) is 42.7 Å². The molecule has 3 aromatic rings. The molecule has 1 N–H and O–H groups in total. The van der Waals surface area contributed by atoms with Crippen LogP contribution in [-0.4, -0.2) is 53.1 Å². The maximum atomic E-state index is 14.5. The van der Waals surface area contributed by atoms with E-state index in [2.05, 4.69) is 27.0 Å². The molecule has 0 spiro atoms. The molecule has 1 fully saturated rings. The molecule has 34 heavy (non-hydrogen) atoms. The molecule has 0 bridgehead atoms. The predicted molar refractivity (Wildman–Crippen MR) is 129 cm³/mol. The molecule has 1 saturated heterocycles. The number of hydrogen-bond acceptors (Lipinski definition) is 4. The van der Waals surface area contributed by atoms with Crippen LogP contribution in [0.1, 0.15) is 39.8 Å². The standard InChI is InChI=1S/C26H31F2N5O/c1-4-31-11-13-32(14-12-31)24-18(2)25(26(34)30-16-20-7-6-10-29-15-20)33(19(24)3)17-21-22(27)8-5-9-23(21)28/h5-10,15H,4,11-14,16-17H2,1-3H3,(H,30,34). The number of carbonyl (C=O) groups is 1. The van der Waals surface area contributed by atoms with Gasteiger partial charge in [0.25, 0.3) is 5.91 Å². The maximum Gasteiger partial charge on any atom is 0.268 e. The highest BCUT2D eigenvalue weighted by Crippen LogP contribution is 2.33. The first-order valence-corrected chi connectivity index (χ1v) is 11.7. The number of carbonyl (C=O) groups excluding carboxylic acids is 1. The second-order valence-electron chi connectivity index (χ2n) is 8.66. The van der Waals surface area contributed by atoms with E-state index in [0.717, 1.165) is 55.2 Å². The molecule has 0 atom stereocenters. The molecule has 1 aliphatic rings. The van der Waals surface area contributed by atoms with Crippen LogP contribution in [0.25, 0.3) is 0 Å². The van der Waals surface area contributed by atoms with Gasteiger partial charge in [-0.3, -0.25) is 9.78 Å². The summed E-state index contributed by atoms with van der Waals surface area (Å²) in [6.45, 7) is 10.8. The van der Waals surface area contributed by atoms with E-state index in [-0.39, 0.29) is 18.0 Å². The summed E-state index contributed by atoms with van der Waals surface area (Å²) in [4.78, 5) is 22.2. The van der Waals surface area contributed by atoms with Crippen molar-refractivity contribution in [1.29, 1.82) is 0 Å². The summed E-state index contributed by atoms with van der Waals surface area (Å²) in [7, 11) is 0. The predicted octanol–water partition coefficient (Wildman–Crippen LogP) is 3.90. The van der Waals surface area contributed by atoms with Crippen molar-refractivity contribution in [3.8, 4) is 0 Å². The third-order valence-electron chi connectivity index (χ3n) is 6.63. The summed E-state index contributed by atoms with van der Waals surface area (Å²) in [6.07, 6.45) is 3.38. The molecule has 180 valence electrons. The lowest BCUT2D eigenvalue weighted by atomic mass is 10.1. The zero-order valence-electron chi connectivity index (χ0n) is 19.9. The van der Waals surface area contributed by atoms with Gasteiger partial charge >= 0.3 is 0 Å². The second-order valence-corrected chi connectivity index (χ2v) is 8.66. The largest absolute Gasteiger partial charge is 0.367 e. The molecule has 0 saturated carbocycles. The van der Waals surface area contributed by atoms with Crippen molar-refractivity contribution >= 4 is 11.6 Å². The number of anilines is 1. The van der Waals surface area contributed by atoms with Gasteiger partial charge in [0.2, 0.25) is 0 Å². The first-order chi connectivity index (χ1) is 16.4. The fourth-order valence-corrected chi connectivity index (χ4v) is 4.74. The van der Waals surface area contributed by atoms with Crippen LogP contribution in [-0.2, 0) is 13.1 Å². The number of likely N-dealkylation sites (N-methyl/N-ethyl adjacent to an activating group) is 1. The number of nitrogens with one attached hydrogen (secondary N) is 1. The first kappa shape index (κ1) is 23.9. The van der Waals surface area contributed by atoms with Crippen molar-refractivity contribution in [1.82, 2.24) is 19.8 Å². The molecule has 6 nitrogen and oxygen atoms in total. The smallest absolute Gasteiger partial charge is 0.268 e. The van der Waals surface area contributed by atoms with Crippen molar-refractivity contribution < 1.29 is 13.6 Å². The molecular weight excluding hydrogens is 436 g/mol. The minimum atomic E-state index is -0.620. The van der Waals surface area contributed by atoms with Gasteiger partial charge in [0.15, 0.2) is 0 Å². The number of pyridine rings is 1. The number of amides is 1. The topological polar surface area (TPSA) is 53.4 Å². The zero-order valence-corrected chi connectivity index (χ0v) is 19.9. The number of piperazine rings is 1. The number of nitrogens with zero attached hydrogens (tertiary/aromatic N) is 4. The molecule has 1 amide bonds. The van der Waals surface area contributed by atoms with E-state index in [1.165, 1.54) is 18.2 Å². The highest BCUT2D eigenvalue weighted by molar-refractivity contribution is 5.96. The van der Waals surface area contributed by atoms with E-state index >= 15 is 0 Å². The molecule has 0 unspecified atom stereocenters. The Kier molecular flexibility index (Phi) is 7.26. The Labute approximate surface area is 199 Å². The van der Waals surface area contributed by atoms with Crippen LogP contribution < -0.4 is 10.2 Å². The summed E-state index contributed by atoms with van der Waals surface area (Å²) in [5.74, 6) is -1.52. The van der Waals surface area contributed by atoms with Gasteiger partial charge in [-0.05, 0) is 44.2 Å². The van der Waals surface area contributed by atoms with Crippen LogP contribution in [0.2, 0.25) is 0 Å². The molecule has 4 rings (SSSR count). The van der Waals surface area contributed by atoms with Crippen LogP contribution in [0.5, 0.6) is 0 Å². The van der Waals surface area contributed by atoms with Gasteiger partial charge in [-0.15, -0.1) is 0 Å². The number of halogens is 2. The average Bonchev–Trinajstić information content (AvgIpc) is 3.09. The Morgan fingerprint density at radius 2 is 1.76 bits per heavy atom. The lowest BCUT2D eigenvalue weighted by Crippen LogP contribution is -2.46. The minimum absolute atomic E-state index is 0.0516. The van der Waals surface area contributed by atoms with Crippen molar-refractivity contribution in [2.45, 2.75) is 33.9 Å². The molecule has 2 aromatic heterocycles. The number of rotatable bonds is 7. The fraction of sp³-hybridized carbons (Fsp3) is 0.385. The number of hydrogen-bond donors (Lipinski definition) is 1. The van der Waals surface area contributed by atoms with E-state index in [1.807, 2.05) is 26.0 Å². The first-order valence-electron chi connectivity index (χ1n) is 11.7. The monoisotopic (exact) mass is 467 g/mol. The zero-order chi connectivity index (χ0) is 24.2. The Morgan fingerprint density at radius 1 is 1.06 bits per heavy atom. The van der Waals surface area contributed by atoms with E-state index in [1.54, 1.807) is 17.0 Å². The van der Waals surface area contributed by atoms with Crippen LogP contribution >= 0.6 is 0 Å². The van der Waals surface area contributed by atoms with Gasteiger partial charge in [-0.25, -0.2) is 8.78 Å². The number of benzene rings is 1. The normalized spacial score (nSPS) is 14.4. The Bertz CT molecular complexity index is 1130. The van der Waals surface area contributed by atoms with E-state index in [0.29, 0.717) is 12.2 Å². The molecule has 0 aliphatic carbocycles. The van der Waals surface area contributed by atoms with Gasteiger partial charge in [0.1, 0.15) is 17.3 Å². The van der Waals surface area contributed by atoms with Crippen molar-refractivity contribution in [3.63, 3.8) is 0 Å². The lowest BCUT2D eigenvalue weighted by molar-refractivity contribution is 0.0941. The van der Waals surface area contributed by atoms with E-state index < -0.39 is 11.6 Å². The third kappa shape index (κ3) is 4.82. The summed E-state index contributed by atoms with van der Waals surface area (Å²) in [6, 6.07) is 7.54. The van der Waals surface area contributed by atoms with Crippen LogP contribution in [0.3, 0.4) is 0 Å². The molecule has 1 aromatic carbocycles. The lowest BCUT2D eigenvalue weighted by Gasteiger charge is -2.36. The van der Waals surface area contributed by atoms with Gasteiger partial charge in [0, 0.05) is 61.9 Å². The summed E-state index contributed by atoms with van der Waals surface area (Å²) < 4.78 is 30.8. The second kappa shape index (κ2) is 10.3.